The Hall–Kier alpha value is -4.11. The molecule has 0 saturated carbocycles. The maximum atomic E-state index is 4.71. The molecule has 6 rings (SSSR count). The molecule has 1 radical (unpaired) electrons. The van der Waals surface area contributed by atoms with Crippen LogP contribution in [0.3, 0.4) is 0 Å². The first-order chi connectivity index (χ1) is 19.5. The SMILES string of the molecule is CC(C)(C)Cc1c(-c2ccc(-c3ccccc3)cc2)cnn1-c1[c-]cccc1.[Ir].[c-]1ccccc1-c1ccccn1. The molecule has 0 N–H and O–H groups in total. The average Bonchev–Trinajstić information content (AvgIpc) is 3.41. The Balaban J connectivity index is 0.000000249. The number of aromatic nitrogens is 3. The van der Waals surface area contributed by atoms with E-state index in [1.165, 1.54) is 27.9 Å². The topological polar surface area (TPSA) is 30.7 Å². The van der Waals surface area contributed by atoms with Crippen LogP contribution in [0.2, 0.25) is 0 Å². The minimum atomic E-state index is 0. The Kier molecular flexibility index (Phi) is 10.2. The Morgan fingerprint density at radius 2 is 1.29 bits per heavy atom. The molecule has 4 aromatic carbocycles. The van der Waals surface area contributed by atoms with Gasteiger partial charge in [0.1, 0.15) is 0 Å². The molecule has 0 saturated heterocycles. The fourth-order valence-corrected chi connectivity index (χ4v) is 4.56. The molecule has 0 bridgehead atoms. The molecule has 2 aromatic heterocycles. The molecule has 3 nitrogen and oxygen atoms in total. The first kappa shape index (κ1) is 29.9. The van der Waals surface area contributed by atoms with Crippen molar-refractivity contribution in [2.75, 3.05) is 0 Å². The molecule has 6 aromatic rings. The second-order valence-corrected chi connectivity index (χ2v) is 10.8. The van der Waals surface area contributed by atoms with Crippen LogP contribution in [0.25, 0.3) is 39.2 Å². The number of hydrogen-bond donors (Lipinski definition) is 0. The van der Waals surface area contributed by atoms with Crippen LogP contribution in [0.5, 0.6) is 0 Å². The van der Waals surface area contributed by atoms with Crippen molar-refractivity contribution in [3.05, 3.63) is 152 Å². The smallest absolute Gasteiger partial charge is 0.0574 e. The second kappa shape index (κ2) is 14.0. The molecule has 0 fully saturated rings. The van der Waals surface area contributed by atoms with Gasteiger partial charge in [-0.05, 0) is 46.0 Å². The van der Waals surface area contributed by atoms with Crippen molar-refractivity contribution >= 4 is 0 Å². The molecule has 0 aliphatic carbocycles. The normalized spacial score (nSPS) is 10.7. The van der Waals surface area contributed by atoms with Gasteiger partial charge in [-0.25, -0.2) is 0 Å². The summed E-state index contributed by atoms with van der Waals surface area (Å²) in [6, 6.07) is 47.4. The summed E-state index contributed by atoms with van der Waals surface area (Å²) in [5, 5.41) is 4.71. The molecule has 0 unspecified atom stereocenters. The Labute approximate surface area is 257 Å². The van der Waals surface area contributed by atoms with Gasteiger partial charge in [-0.15, -0.1) is 42.0 Å². The third-order valence-corrected chi connectivity index (χ3v) is 6.44. The summed E-state index contributed by atoms with van der Waals surface area (Å²) < 4.78 is 2.03. The molecule has 4 heteroatoms. The van der Waals surface area contributed by atoms with E-state index in [4.69, 9.17) is 5.10 Å². The van der Waals surface area contributed by atoms with Crippen LogP contribution in [0.4, 0.5) is 0 Å². The maximum Gasteiger partial charge on any atom is 0.0574 e. The third-order valence-electron chi connectivity index (χ3n) is 6.44. The summed E-state index contributed by atoms with van der Waals surface area (Å²) in [6.45, 7) is 6.80. The van der Waals surface area contributed by atoms with Gasteiger partial charge in [0.15, 0.2) is 0 Å². The van der Waals surface area contributed by atoms with Crippen LogP contribution < -0.4 is 0 Å². The van der Waals surface area contributed by atoms with Gasteiger partial charge in [0, 0.05) is 31.9 Å². The zero-order valence-electron chi connectivity index (χ0n) is 23.6. The van der Waals surface area contributed by atoms with Gasteiger partial charge < -0.3 is 4.98 Å². The average molecular weight is 712 g/mol. The third kappa shape index (κ3) is 7.98. The molecule has 41 heavy (non-hydrogen) atoms. The molecule has 0 spiro atoms. The maximum absolute atomic E-state index is 4.71. The van der Waals surface area contributed by atoms with Gasteiger partial charge in [0.05, 0.1) is 11.9 Å². The van der Waals surface area contributed by atoms with Crippen molar-refractivity contribution in [2.45, 2.75) is 27.2 Å². The van der Waals surface area contributed by atoms with Gasteiger partial charge in [-0.3, -0.25) is 4.68 Å². The molecular weight excluding hydrogens is 679 g/mol. The van der Waals surface area contributed by atoms with Gasteiger partial charge in [0.25, 0.3) is 0 Å². The Bertz CT molecular complexity index is 1570. The van der Waals surface area contributed by atoms with Gasteiger partial charge in [-0.2, -0.15) is 29.4 Å². The number of para-hydroxylation sites is 1. The number of hydrogen-bond acceptors (Lipinski definition) is 2. The molecule has 0 atom stereocenters. The van der Waals surface area contributed by atoms with E-state index in [0.29, 0.717) is 0 Å². The summed E-state index contributed by atoms with van der Waals surface area (Å²) in [4.78, 5) is 4.22. The van der Waals surface area contributed by atoms with Crippen LogP contribution in [0.15, 0.2) is 134 Å². The number of nitrogens with zero attached hydrogens (tertiary/aromatic N) is 3. The van der Waals surface area contributed by atoms with Gasteiger partial charge in [0.2, 0.25) is 0 Å². The van der Waals surface area contributed by atoms with Gasteiger partial charge in [-0.1, -0.05) is 87.5 Å². The van der Waals surface area contributed by atoms with Crippen LogP contribution in [-0.4, -0.2) is 14.8 Å². The van der Waals surface area contributed by atoms with Crippen LogP contribution >= 0.6 is 0 Å². The minimum absolute atomic E-state index is 0. The molecule has 0 amide bonds. The largest absolute Gasteiger partial charge is 0.305 e. The van der Waals surface area contributed by atoms with E-state index in [1.807, 2.05) is 77.6 Å². The number of rotatable bonds is 5. The summed E-state index contributed by atoms with van der Waals surface area (Å²) in [5.41, 5.74) is 9.22. The van der Waals surface area contributed by atoms with Crippen molar-refractivity contribution in [1.82, 2.24) is 14.8 Å². The van der Waals surface area contributed by atoms with E-state index in [2.05, 4.69) is 92.5 Å². The zero-order valence-corrected chi connectivity index (χ0v) is 26.0. The molecule has 0 aliphatic rings. The van der Waals surface area contributed by atoms with Gasteiger partial charge >= 0.3 is 0 Å². The van der Waals surface area contributed by atoms with E-state index in [9.17, 15) is 0 Å². The Morgan fingerprint density at radius 3 is 1.90 bits per heavy atom. The standard InChI is InChI=1S/C26H25N2.C11H8N.Ir/c1-26(2,3)18-25-24(19-27-28(25)23-12-8-5-9-13-23)22-16-14-21(15-17-22)20-10-6-4-7-11-20;1-2-6-10(7-3-1)11-8-4-5-9-12-11;/h4-12,14-17,19H,18H2,1-3H3;1-6,8-9H;/q2*-1;. The van der Waals surface area contributed by atoms with Crippen molar-refractivity contribution in [3.63, 3.8) is 0 Å². The van der Waals surface area contributed by atoms with Crippen molar-refractivity contribution in [2.24, 2.45) is 5.41 Å². The van der Waals surface area contributed by atoms with Crippen molar-refractivity contribution in [1.29, 1.82) is 0 Å². The molecular formula is C37H33IrN3-2. The van der Waals surface area contributed by atoms with Crippen molar-refractivity contribution in [3.8, 4) is 39.2 Å². The van der Waals surface area contributed by atoms with Crippen LogP contribution in [0.1, 0.15) is 26.5 Å². The zero-order chi connectivity index (χ0) is 27.8. The number of pyridine rings is 1. The Morgan fingerprint density at radius 1 is 0.659 bits per heavy atom. The molecule has 207 valence electrons. The summed E-state index contributed by atoms with van der Waals surface area (Å²) >= 11 is 0. The first-order valence-electron chi connectivity index (χ1n) is 13.6. The summed E-state index contributed by atoms with van der Waals surface area (Å²) in [6.07, 6.45) is 4.71. The summed E-state index contributed by atoms with van der Waals surface area (Å²) in [5.74, 6) is 0. The van der Waals surface area contributed by atoms with E-state index in [0.717, 1.165) is 23.4 Å². The molecule has 2 heterocycles. The molecule has 0 aliphatic heterocycles. The minimum Gasteiger partial charge on any atom is -0.305 e. The monoisotopic (exact) mass is 712 g/mol. The van der Waals surface area contributed by atoms with Crippen molar-refractivity contribution < 1.29 is 20.1 Å². The van der Waals surface area contributed by atoms with E-state index >= 15 is 0 Å². The van der Waals surface area contributed by atoms with E-state index < -0.39 is 0 Å². The first-order valence-corrected chi connectivity index (χ1v) is 13.6. The van der Waals surface area contributed by atoms with E-state index in [1.54, 1.807) is 6.20 Å². The van der Waals surface area contributed by atoms with Crippen LogP contribution in [-0.2, 0) is 26.5 Å². The fraction of sp³-hybridized carbons (Fsp3) is 0.135. The predicted molar refractivity (Wildman–Crippen MR) is 165 cm³/mol. The predicted octanol–water partition coefficient (Wildman–Crippen LogP) is 9.14. The number of benzene rings is 4. The van der Waals surface area contributed by atoms with Crippen LogP contribution in [0, 0.1) is 17.5 Å². The second-order valence-electron chi connectivity index (χ2n) is 10.8. The summed E-state index contributed by atoms with van der Waals surface area (Å²) in [7, 11) is 0. The fourth-order valence-electron chi connectivity index (χ4n) is 4.56. The van der Waals surface area contributed by atoms with E-state index in [-0.39, 0.29) is 25.5 Å². The quantitative estimate of drug-likeness (QED) is 0.167.